The van der Waals surface area contributed by atoms with Gasteiger partial charge in [0.15, 0.2) is 11.3 Å². The first kappa shape index (κ1) is 24.5. The third kappa shape index (κ3) is 3.53. The Hall–Kier alpha value is -3.82. The maximum Gasteiger partial charge on any atom is 0.292 e. The lowest BCUT2D eigenvalue weighted by Crippen LogP contribution is -2.56. The number of Topliss-reactive ketones (excluding diaryl/α,β-unsaturated/α-hetero) is 2. The Balaban J connectivity index is 1.44. The number of carbonyl (C=O) groups excluding carboxylic acids is 4. The van der Waals surface area contributed by atoms with Crippen LogP contribution in [0, 0.1) is 5.92 Å². The zero-order chi connectivity index (χ0) is 26.4. The van der Waals surface area contributed by atoms with Crippen molar-refractivity contribution in [3.8, 4) is 0 Å². The molecular weight excluding hydrogens is 486 g/mol. The summed E-state index contributed by atoms with van der Waals surface area (Å²) in [5.41, 5.74) is -0.130. The molecule has 2 fully saturated rings. The minimum Gasteiger partial charge on any atom is -0.453 e. The monoisotopic (exact) mass is 515 g/mol. The van der Waals surface area contributed by atoms with Gasteiger partial charge in [0.1, 0.15) is 11.5 Å². The quantitative estimate of drug-likeness (QED) is 0.271. The number of para-hydroxylation sites is 2. The Morgan fingerprint density at radius 3 is 2.50 bits per heavy atom. The number of likely N-dealkylation sites (tertiary alicyclic amines) is 1. The van der Waals surface area contributed by atoms with Crippen molar-refractivity contribution in [2.75, 3.05) is 50.8 Å². The standard InChI is InChI=1S/C29H29N3O6/c1-2-31-21-10-5-4-9-20(21)29(28(31)36)24(25(33)23-18-19-8-3-6-11-22(19)38-23)26(34)27(35)32(29)13-7-12-30-14-16-37-17-15-30/h3-6,8-11,18,24H,2,7,12-17H2,1H3. The average molecular weight is 516 g/mol. The number of ketones is 2. The van der Waals surface area contributed by atoms with Gasteiger partial charge in [-0.15, -0.1) is 0 Å². The number of amides is 2. The van der Waals surface area contributed by atoms with Crippen molar-refractivity contribution in [2.24, 2.45) is 5.92 Å². The summed E-state index contributed by atoms with van der Waals surface area (Å²) in [5, 5.41) is 0.706. The molecule has 2 aromatic carbocycles. The number of hydrogen-bond donors (Lipinski definition) is 0. The van der Waals surface area contributed by atoms with Crippen LogP contribution in [0.15, 0.2) is 59.0 Å². The van der Waals surface area contributed by atoms with Gasteiger partial charge in [-0.05, 0) is 31.5 Å². The van der Waals surface area contributed by atoms with Crippen LogP contribution < -0.4 is 4.90 Å². The van der Waals surface area contributed by atoms with Crippen molar-refractivity contribution in [1.82, 2.24) is 9.80 Å². The van der Waals surface area contributed by atoms with Crippen LogP contribution in [0.5, 0.6) is 0 Å². The fourth-order valence-electron chi connectivity index (χ4n) is 6.19. The van der Waals surface area contributed by atoms with E-state index in [4.69, 9.17) is 9.15 Å². The Bertz CT molecular complexity index is 1410. The molecule has 1 spiro atoms. The Labute approximate surface area is 219 Å². The van der Waals surface area contributed by atoms with Gasteiger partial charge in [-0.1, -0.05) is 36.4 Å². The summed E-state index contributed by atoms with van der Waals surface area (Å²) in [5.74, 6) is -4.33. The van der Waals surface area contributed by atoms with Crippen LogP contribution >= 0.6 is 0 Å². The molecule has 3 aliphatic heterocycles. The highest BCUT2D eigenvalue weighted by Crippen LogP contribution is 2.53. The largest absolute Gasteiger partial charge is 0.453 e. The summed E-state index contributed by atoms with van der Waals surface area (Å²) in [6.45, 7) is 5.91. The zero-order valence-corrected chi connectivity index (χ0v) is 21.2. The predicted octanol–water partition coefficient (Wildman–Crippen LogP) is 2.63. The molecule has 0 N–H and O–H groups in total. The summed E-state index contributed by atoms with van der Waals surface area (Å²) in [7, 11) is 0. The molecule has 196 valence electrons. The fourth-order valence-corrected chi connectivity index (χ4v) is 6.19. The minimum absolute atomic E-state index is 0.0351. The van der Waals surface area contributed by atoms with Gasteiger partial charge in [-0.2, -0.15) is 0 Å². The lowest BCUT2D eigenvalue weighted by molar-refractivity contribution is -0.143. The van der Waals surface area contributed by atoms with Crippen LogP contribution in [-0.4, -0.2) is 79.1 Å². The normalized spacial score (nSPS) is 23.7. The molecule has 9 heteroatoms. The van der Waals surface area contributed by atoms with Crippen molar-refractivity contribution in [3.63, 3.8) is 0 Å². The van der Waals surface area contributed by atoms with Crippen molar-refractivity contribution in [2.45, 2.75) is 18.9 Å². The van der Waals surface area contributed by atoms with Gasteiger partial charge in [-0.3, -0.25) is 24.1 Å². The van der Waals surface area contributed by atoms with E-state index in [0.29, 0.717) is 54.9 Å². The second-order valence-electron chi connectivity index (χ2n) is 9.91. The van der Waals surface area contributed by atoms with E-state index >= 15 is 0 Å². The number of nitrogens with zero attached hydrogens (tertiary/aromatic N) is 3. The summed E-state index contributed by atoms with van der Waals surface area (Å²) >= 11 is 0. The van der Waals surface area contributed by atoms with Crippen LogP contribution in [0.3, 0.4) is 0 Å². The van der Waals surface area contributed by atoms with Gasteiger partial charge in [-0.25, -0.2) is 0 Å². The molecule has 9 nitrogen and oxygen atoms in total. The van der Waals surface area contributed by atoms with Gasteiger partial charge < -0.3 is 19.0 Å². The molecule has 4 heterocycles. The first-order chi connectivity index (χ1) is 18.5. The molecule has 0 saturated carbocycles. The number of morpholine rings is 1. The third-order valence-electron chi connectivity index (χ3n) is 7.94. The molecule has 2 atom stereocenters. The fraction of sp³-hybridized carbons (Fsp3) is 0.379. The van der Waals surface area contributed by atoms with E-state index < -0.39 is 34.8 Å². The molecule has 2 unspecified atom stereocenters. The lowest BCUT2D eigenvalue weighted by Gasteiger charge is -2.37. The Morgan fingerprint density at radius 2 is 1.74 bits per heavy atom. The number of fused-ring (bicyclic) bond motifs is 3. The Morgan fingerprint density at radius 1 is 1.00 bits per heavy atom. The smallest absolute Gasteiger partial charge is 0.292 e. The number of anilines is 1. The summed E-state index contributed by atoms with van der Waals surface area (Å²) in [4.78, 5) is 60.8. The first-order valence-corrected chi connectivity index (χ1v) is 13.1. The molecule has 0 bridgehead atoms. The van der Waals surface area contributed by atoms with Crippen LogP contribution in [-0.2, 0) is 24.7 Å². The minimum atomic E-state index is -1.75. The molecule has 3 aliphatic rings. The maximum absolute atomic E-state index is 14.3. The highest BCUT2D eigenvalue weighted by Gasteiger charge is 2.70. The highest BCUT2D eigenvalue weighted by atomic mass is 16.5. The van der Waals surface area contributed by atoms with Gasteiger partial charge in [0.25, 0.3) is 11.8 Å². The molecule has 2 saturated heterocycles. The molecule has 0 aliphatic carbocycles. The molecule has 2 amide bonds. The summed E-state index contributed by atoms with van der Waals surface area (Å²) in [6, 6.07) is 15.9. The molecule has 38 heavy (non-hydrogen) atoms. The van der Waals surface area contributed by atoms with Crippen molar-refractivity contribution in [3.05, 3.63) is 65.9 Å². The van der Waals surface area contributed by atoms with Crippen molar-refractivity contribution in [1.29, 1.82) is 0 Å². The van der Waals surface area contributed by atoms with Gasteiger partial charge in [0.05, 0.1) is 13.2 Å². The molecular formula is C29H29N3O6. The molecule has 6 rings (SSSR count). The van der Waals surface area contributed by atoms with Crippen LogP contribution in [0.4, 0.5) is 5.69 Å². The van der Waals surface area contributed by atoms with E-state index in [2.05, 4.69) is 4.90 Å². The third-order valence-corrected chi connectivity index (χ3v) is 7.94. The van der Waals surface area contributed by atoms with Gasteiger partial charge >= 0.3 is 0 Å². The molecule has 0 radical (unpaired) electrons. The lowest BCUT2D eigenvalue weighted by atomic mass is 9.76. The van der Waals surface area contributed by atoms with E-state index in [9.17, 15) is 19.2 Å². The zero-order valence-electron chi connectivity index (χ0n) is 21.2. The number of likely N-dealkylation sites (N-methyl/N-ethyl adjacent to an activating group) is 1. The van der Waals surface area contributed by atoms with Crippen molar-refractivity contribution >= 4 is 40.0 Å². The second-order valence-corrected chi connectivity index (χ2v) is 9.91. The number of furan rings is 1. The molecule has 3 aromatic rings. The highest BCUT2D eigenvalue weighted by molar-refractivity contribution is 6.46. The number of benzene rings is 2. The van der Waals surface area contributed by atoms with Crippen LogP contribution in [0.1, 0.15) is 29.5 Å². The first-order valence-electron chi connectivity index (χ1n) is 13.1. The number of ether oxygens (including phenoxy) is 1. The number of hydrogen-bond acceptors (Lipinski definition) is 7. The SMILES string of the molecule is CCN1C(=O)C2(c3ccccc31)C(C(=O)c1cc3ccccc3o1)C(=O)C(=O)N2CCCN1CCOCC1. The second kappa shape index (κ2) is 9.49. The predicted molar refractivity (Wildman–Crippen MR) is 139 cm³/mol. The Kier molecular flexibility index (Phi) is 6.12. The van der Waals surface area contributed by atoms with Crippen LogP contribution in [0.25, 0.3) is 11.0 Å². The summed E-state index contributed by atoms with van der Waals surface area (Å²) in [6.07, 6.45) is 0.549. The number of rotatable bonds is 7. The average Bonchev–Trinajstić information content (AvgIpc) is 3.55. The van der Waals surface area contributed by atoms with E-state index in [1.807, 2.05) is 19.1 Å². The van der Waals surface area contributed by atoms with E-state index in [1.54, 1.807) is 47.4 Å². The van der Waals surface area contributed by atoms with Crippen LogP contribution in [0.2, 0.25) is 0 Å². The van der Waals surface area contributed by atoms with E-state index in [-0.39, 0.29) is 12.3 Å². The number of carbonyl (C=O) groups is 4. The van der Waals surface area contributed by atoms with E-state index in [1.165, 1.54) is 4.90 Å². The van der Waals surface area contributed by atoms with Crippen molar-refractivity contribution < 1.29 is 28.3 Å². The van der Waals surface area contributed by atoms with Gasteiger partial charge in [0.2, 0.25) is 11.6 Å². The van der Waals surface area contributed by atoms with Gasteiger partial charge in [0, 0.05) is 49.4 Å². The molecule has 1 aromatic heterocycles. The van der Waals surface area contributed by atoms with E-state index in [0.717, 1.165) is 13.1 Å². The summed E-state index contributed by atoms with van der Waals surface area (Å²) < 4.78 is 11.2. The maximum atomic E-state index is 14.3. The topological polar surface area (TPSA) is 100 Å².